The summed E-state index contributed by atoms with van der Waals surface area (Å²) in [6, 6.07) is 12.1. The molecule has 0 aliphatic carbocycles. The fourth-order valence-corrected chi connectivity index (χ4v) is 3.59. The molecule has 6 nitrogen and oxygen atoms in total. The van der Waals surface area contributed by atoms with Gasteiger partial charge in [0.05, 0.1) is 6.61 Å². The van der Waals surface area contributed by atoms with Crippen molar-refractivity contribution < 1.29 is 4.74 Å². The minimum absolute atomic E-state index is 0.560. The van der Waals surface area contributed by atoms with Crippen LogP contribution < -0.4 is 15.8 Å². The lowest BCUT2D eigenvalue weighted by Crippen LogP contribution is -2.32. The largest absolute Gasteiger partial charge is 0.477 e. The number of benzene rings is 1. The maximum atomic E-state index is 5.97. The molecule has 6 heteroatoms. The predicted molar refractivity (Wildman–Crippen MR) is 113 cm³/mol. The first-order valence-corrected chi connectivity index (χ1v) is 9.82. The number of hydrogen-bond acceptors (Lipinski definition) is 6. The molecule has 1 aliphatic heterocycles. The van der Waals surface area contributed by atoms with E-state index >= 15 is 0 Å². The van der Waals surface area contributed by atoms with Gasteiger partial charge < -0.3 is 20.7 Å². The first-order chi connectivity index (χ1) is 13.7. The maximum absolute atomic E-state index is 5.97. The Bertz CT molecular complexity index is 937. The van der Waals surface area contributed by atoms with Crippen molar-refractivity contribution in [2.24, 2.45) is 5.92 Å². The van der Waals surface area contributed by atoms with Crippen LogP contribution in [-0.4, -0.2) is 41.6 Å². The van der Waals surface area contributed by atoms with Crippen LogP contribution in [0.3, 0.4) is 0 Å². The van der Waals surface area contributed by atoms with Crippen LogP contribution in [0.1, 0.15) is 18.4 Å². The average Bonchev–Trinajstić information content (AvgIpc) is 2.72. The summed E-state index contributed by atoms with van der Waals surface area (Å²) in [6.45, 7) is 3.76. The summed E-state index contributed by atoms with van der Waals surface area (Å²) in [6.07, 6.45) is 5.94. The average molecular weight is 377 g/mol. The molecule has 0 radical (unpaired) electrons. The second-order valence-electron chi connectivity index (χ2n) is 7.55. The summed E-state index contributed by atoms with van der Waals surface area (Å²) in [5, 5.41) is 5.51. The molecule has 0 unspecified atom stereocenters. The minimum Gasteiger partial charge on any atom is -0.477 e. The summed E-state index contributed by atoms with van der Waals surface area (Å²) in [5.74, 6) is 1.89. The standard InChI is InChI=1S/C22H27N5O/c1-27-10-6-16(7-11-27)15-28-21-12-17(4-8-24-21)14-26-19-2-3-20-18(13-19)5-9-25-22(20)23/h2-5,8-9,12-13,16,26H,6-7,10-11,14-15H2,1H3,(H2,23,25). The molecule has 4 rings (SSSR count). The Balaban J connectivity index is 1.34. The highest BCUT2D eigenvalue weighted by Gasteiger charge is 2.17. The Morgan fingerprint density at radius 1 is 1.11 bits per heavy atom. The van der Waals surface area contributed by atoms with E-state index in [0.29, 0.717) is 24.2 Å². The number of nitrogens with zero attached hydrogens (tertiary/aromatic N) is 3. The zero-order chi connectivity index (χ0) is 19.3. The first-order valence-electron chi connectivity index (χ1n) is 9.82. The molecule has 1 aliphatic rings. The van der Waals surface area contributed by atoms with Crippen molar-refractivity contribution in [2.75, 3.05) is 37.8 Å². The van der Waals surface area contributed by atoms with E-state index in [0.717, 1.165) is 41.7 Å². The van der Waals surface area contributed by atoms with Gasteiger partial charge in [0.2, 0.25) is 5.88 Å². The molecule has 2 aromatic heterocycles. The lowest BCUT2D eigenvalue weighted by molar-refractivity contribution is 0.157. The van der Waals surface area contributed by atoms with Crippen LogP contribution in [0.5, 0.6) is 5.88 Å². The van der Waals surface area contributed by atoms with Crippen molar-refractivity contribution in [3.8, 4) is 5.88 Å². The number of nitrogens with one attached hydrogen (secondary N) is 1. The number of nitrogens with two attached hydrogens (primary N) is 1. The number of ether oxygens (including phenoxy) is 1. The van der Waals surface area contributed by atoms with Crippen molar-refractivity contribution in [1.29, 1.82) is 0 Å². The Hall–Kier alpha value is -2.86. The van der Waals surface area contributed by atoms with E-state index in [1.54, 1.807) is 6.20 Å². The van der Waals surface area contributed by atoms with Crippen LogP contribution in [0.25, 0.3) is 10.8 Å². The molecule has 1 fully saturated rings. The molecule has 28 heavy (non-hydrogen) atoms. The van der Waals surface area contributed by atoms with E-state index in [-0.39, 0.29) is 0 Å². The van der Waals surface area contributed by atoms with Gasteiger partial charge in [-0.3, -0.25) is 0 Å². The number of rotatable bonds is 6. The summed E-state index contributed by atoms with van der Waals surface area (Å²) in [4.78, 5) is 10.9. The highest BCUT2D eigenvalue weighted by atomic mass is 16.5. The molecule has 0 saturated carbocycles. The van der Waals surface area contributed by atoms with Crippen molar-refractivity contribution in [1.82, 2.24) is 14.9 Å². The second-order valence-corrected chi connectivity index (χ2v) is 7.55. The van der Waals surface area contributed by atoms with E-state index < -0.39 is 0 Å². The van der Waals surface area contributed by atoms with E-state index in [2.05, 4.69) is 33.3 Å². The van der Waals surface area contributed by atoms with Gasteiger partial charge in [-0.2, -0.15) is 0 Å². The zero-order valence-electron chi connectivity index (χ0n) is 16.3. The third kappa shape index (κ3) is 4.51. The molecule has 0 amide bonds. The third-order valence-corrected chi connectivity index (χ3v) is 5.40. The van der Waals surface area contributed by atoms with Gasteiger partial charge in [0, 0.05) is 36.1 Å². The molecule has 1 saturated heterocycles. The summed E-state index contributed by atoms with van der Waals surface area (Å²) in [5.41, 5.74) is 8.11. The van der Waals surface area contributed by atoms with Crippen molar-refractivity contribution in [2.45, 2.75) is 19.4 Å². The monoisotopic (exact) mass is 377 g/mol. The molecular formula is C22H27N5O. The van der Waals surface area contributed by atoms with Crippen LogP contribution in [0.4, 0.5) is 11.5 Å². The maximum Gasteiger partial charge on any atom is 0.213 e. The van der Waals surface area contributed by atoms with Crippen molar-refractivity contribution in [3.63, 3.8) is 0 Å². The lowest BCUT2D eigenvalue weighted by Gasteiger charge is -2.28. The van der Waals surface area contributed by atoms with Crippen LogP contribution in [0, 0.1) is 5.92 Å². The van der Waals surface area contributed by atoms with E-state index in [1.165, 1.54) is 12.8 Å². The smallest absolute Gasteiger partial charge is 0.213 e. The molecule has 1 aromatic carbocycles. The Morgan fingerprint density at radius 3 is 2.79 bits per heavy atom. The van der Waals surface area contributed by atoms with Crippen LogP contribution in [-0.2, 0) is 6.54 Å². The topological polar surface area (TPSA) is 76.3 Å². The zero-order valence-corrected chi connectivity index (χ0v) is 16.3. The molecule has 3 heterocycles. The van der Waals surface area contributed by atoms with E-state index in [4.69, 9.17) is 10.5 Å². The number of anilines is 2. The minimum atomic E-state index is 0.560. The number of nitrogen functional groups attached to an aromatic ring is 1. The molecule has 146 valence electrons. The van der Waals surface area contributed by atoms with Gasteiger partial charge >= 0.3 is 0 Å². The number of pyridine rings is 2. The van der Waals surface area contributed by atoms with Gasteiger partial charge in [0.25, 0.3) is 0 Å². The summed E-state index contributed by atoms with van der Waals surface area (Å²) < 4.78 is 5.97. The molecule has 3 N–H and O–H groups in total. The van der Waals surface area contributed by atoms with Crippen LogP contribution in [0.15, 0.2) is 48.8 Å². The predicted octanol–water partition coefficient (Wildman–Crippen LogP) is 3.54. The number of piperidine rings is 1. The van der Waals surface area contributed by atoms with Crippen LogP contribution >= 0.6 is 0 Å². The van der Waals surface area contributed by atoms with Gasteiger partial charge in [0.1, 0.15) is 5.82 Å². The summed E-state index contributed by atoms with van der Waals surface area (Å²) in [7, 11) is 2.18. The highest BCUT2D eigenvalue weighted by Crippen LogP contribution is 2.23. The molecular weight excluding hydrogens is 350 g/mol. The van der Waals surface area contributed by atoms with Gasteiger partial charge in [-0.25, -0.2) is 9.97 Å². The Morgan fingerprint density at radius 2 is 1.93 bits per heavy atom. The van der Waals surface area contributed by atoms with Gasteiger partial charge in [-0.1, -0.05) is 0 Å². The van der Waals surface area contributed by atoms with Crippen molar-refractivity contribution in [3.05, 3.63) is 54.4 Å². The number of aromatic nitrogens is 2. The van der Waals surface area contributed by atoms with E-state index in [9.17, 15) is 0 Å². The van der Waals surface area contributed by atoms with Gasteiger partial charge in [0.15, 0.2) is 0 Å². The van der Waals surface area contributed by atoms with Crippen molar-refractivity contribution >= 4 is 22.3 Å². The third-order valence-electron chi connectivity index (χ3n) is 5.40. The molecule has 3 aromatic rings. The van der Waals surface area contributed by atoms with E-state index in [1.807, 2.05) is 36.5 Å². The fraction of sp³-hybridized carbons (Fsp3) is 0.364. The summed E-state index contributed by atoms with van der Waals surface area (Å²) >= 11 is 0. The number of hydrogen-bond donors (Lipinski definition) is 2. The highest BCUT2D eigenvalue weighted by molar-refractivity contribution is 5.92. The number of likely N-dealkylation sites (tertiary alicyclic amines) is 1. The SMILES string of the molecule is CN1CCC(COc2cc(CNc3ccc4c(N)nccc4c3)ccn2)CC1. The van der Waals surface area contributed by atoms with Crippen LogP contribution in [0.2, 0.25) is 0 Å². The molecule has 0 atom stereocenters. The normalized spacial score (nSPS) is 15.6. The second kappa shape index (κ2) is 8.44. The first kappa shape index (κ1) is 18.5. The molecule has 0 bridgehead atoms. The van der Waals surface area contributed by atoms with Gasteiger partial charge in [-0.05, 0) is 80.2 Å². The number of fused-ring (bicyclic) bond motifs is 1. The Labute approximate surface area is 165 Å². The van der Waals surface area contributed by atoms with Gasteiger partial charge in [-0.15, -0.1) is 0 Å². The molecule has 0 spiro atoms. The quantitative estimate of drug-likeness (QED) is 0.684. The fourth-order valence-electron chi connectivity index (χ4n) is 3.59. The Kier molecular flexibility index (Phi) is 5.58. The lowest BCUT2D eigenvalue weighted by atomic mass is 9.98.